The number of hydrogen-bond acceptors (Lipinski definition) is 5. The average Bonchev–Trinajstić information content (AvgIpc) is 3.37. The Labute approximate surface area is 206 Å². The third-order valence-corrected chi connectivity index (χ3v) is 5.33. The topological polar surface area (TPSA) is 70.8 Å². The number of nitrogens with zero attached hydrogens (tertiary/aromatic N) is 6. The van der Waals surface area contributed by atoms with E-state index in [9.17, 15) is 0 Å². The Morgan fingerprint density at radius 2 is 1.94 bits per heavy atom. The molecule has 8 nitrogen and oxygen atoms in total. The summed E-state index contributed by atoms with van der Waals surface area (Å²) in [5, 5.41) is 3.44. The Morgan fingerprint density at radius 3 is 2.66 bits per heavy atom. The summed E-state index contributed by atoms with van der Waals surface area (Å²) in [7, 11) is 1.72. The smallest absolute Gasteiger partial charge is 0.194 e. The van der Waals surface area contributed by atoms with E-state index in [1.165, 1.54) is 0 Å². The first-order valence-electron chi connectivity index (χ1n) is 10.6. The lowest BCUT2D eigenvalue weighted by Gasteiger charge is -2.38. The van der Waals surface area contributed by atoms with Crippen LogP contribution in [0.1, 0.15) is 12.5 Å². The van der Waals surface area contributed by atoms with Crippen LogP contribution in [0.2, 0.25) is 0 Å². The zero-order valence-electron chi connectivity index (χ0n) is 18.5. The van der Waals surface area contributed by atoms with Crippen molar-refractivity contribution in [2.75, 3.05) is 44.7 Å². The number of pyridine rings is 1. The lowest BCUT2D eigenvalue weighted by atomic mass is 10.2. The second kappa shape index (κ2) is 11.7. The minimum Gasteiger partial charge on any atom is -0.495 e. The van der Waals surface area contributed by atoms with Crippen molar-refractivity contribution in [3.05, 3.63) is 66.9 Å². The number of benzene rings is 1. The summed E-state index contributed by atoms with van der Waals surface area (Å²) in [6, 6.07) is 12.3. The molecule has 1 saturated heterocycles. The molecule has 1 N–H and O–H groups in total. The number of guanidine groups is 1. The van der Waals surface area contributed by atoms with Gasteiger partial charge in [0.15, 0.2) is 5.96 Å². The van der Waals surface area contributed by atoms with Crippen molar-refractivity contribution in [1.29, 1.82) is 0 Å². The van der Waals surface area contributed by atoms with Gasteiger partial charge in [-0.15, -0.1) is 24.0 Å². The van der Waals surface area contributed by atoms with Crippen molar-refractivity contribution in [3.8, 4) is 11.6 Å². The molecule has 0 amide bonds. The number of ether oxygens (including phenoxy) is 1. The fraction of sp³-hybridized carbons (Fsp3) is 0.348. The Hall–Kier alpha value is -2.82. The van der Waals surface area contributed by atoms with Crippen molar-refractivity contribution in [1.82, 2.24) is 24.8 Å². The highest BCUT2D eigenvalue weighted by molar-refractivity contribution is 14.0. The average molecular weight is 547 g/mol. The number of anilines is 1. The monoisotopic (exact) mass is 547 g/mol. The summed E-state index contributed by atoms with van der Waals surface area (Å²) in [5.41, 5.74) is 2.26. The van der Waals surface area contributed by atoms with E-state index in [0.717, 1.165) is 61.5 Å². The van der Waals surface area contributed by atoms with E-state index in [4.69, 9.17) is 9.73 Å². The maximum Gasteiger partial charge on any atom is 0.194 e. The van der Waals surface area contributed by atoms with Crippen LogP contribution < -0.4 is 15.0 Å². The maximum atomic E-state index is 5.53. The van der Waals surface area contributed by atoms with E-state index in [1.54, 1.807) is 19.6 Å². The van der Waals surface area contributed by atoms with Gasteiger partial charge in [0, 0.05) is 51.3 Å². The molecule has 170 valence electrons. The third kappa shape index (κ3) is 5.70. The Bertz CT molecular complexity index is 1000. The number of imidazole rings is 1. The van der Waals surface area contributed by atoms with Crippen molar-refractivity contribution in [3.63, 3.8) is 0 Å². The molecule has 1 aliphatic heterocycles. The van der Waals surface area contributed by atoms with E-state index < -0.39 is 0 Å². The number of halogens is 1. The number of para-hydroxylation sites is 2. The van der Waals surface area contributed by atoms with Gasteiger partial charge in [0.25, 0.3) is 0 Å². The molecule has 0 aliphatic carbocycles. The number of methoxy groups -OCH3 is 1. The fourth-order valence-corrected chi connectivity index (χ4v) is 3.74. The van der Waals surface area contributed by atoms with Gasteiger partial charge in [-0.2, -0.15) is 0 Å². The number of aromatic nitrogens is 3. The fourth-order valence-electron chi connectivity index (χ4n) is 3.74. The van der Waals surface area contributed by atoms with Crippen LogP contribution in [0, 0.1) is 0 Å². The second-order valence-electron chi connectivity index (χ2n) is 7.31. The summed E-state index contributed by atoms with van der Waals surface area (Å²) in [4.78, 5) is 18.1. The van der Waals surface area contributed by atoms with E-state index in [2.05, 4.69) is 44.1 Å². The molecule has 4 rings (SSSR count). The summed E-state index contributed by atoms with van der Waals surface area (Å²) in [6.45, 7) is 7.18. The van der Waals surface area contributed by atoms with Crippen LogP contribution in [0.3, 0.4) is 0 Å². The van der Waals surface area contributed by atoms with E-state index in [0.29, 0.717) is 6.54 Å². The predicted molar refractivity (Wildman–Crippen MR) is 138 cm³/mol. The molecule has 9 heteroatoms. The number of piperazine rings is 1. The molecule has 1 aliphatic rings. The zero-order chi connectivity index (χ0) is 21.5. The normalized spacial score (nSPS) is 14.1. The van der Waals surface area contributed by atoms with Crippen LogP contribution in [0.25, 0.3) is 5.82 Å². The SMILES string of the molecule is CCNC(=NCc1ccnc(-n2ccnc2)c1)N1CCN(c2ccccc2OC)CC1.I. The minimum atomic E-state index is 0. The molecule has 0 unspecified atom stereocenters. The number of nitrogens with one attached hydrogen (secondary N) is 1. The van der Waals surface area contributed by atoms with Crippen LogP contribution in [-0.2, 0) is 6.54 Å². The Kier molecular flexibility index (Phi) is 8.72. The summed E-state index contributed by atoms with van der Waals surface area (Å²) < 4.78 is 7.43. The standard InChI is InChI=1S/C23H29N7O.HI/c1-3-25-23(27-17-19-8-9-26-22(16-19)30-11-10-24-18-30)29-14-12-28(13-15-29)20-6-4-5-7-21(20)31-2;/h4-11,16,18H,3,12-15,17H2,1-2H3,(H,25,27);1H. The van der Waals surface area contributed by atoms with Crippen LogP contribution in [-0.4, -0.2) is 65.2 Å². The summed E-state index contributed by atoms with van der Waals surface area (Å²) >= 11 is 0. The zero-order valence-corrected chi connectivity index (χ0v) is 20.8. The number of hydrogen-bond donors (Lipinski definition) is 1. The molecule has 1 aromatic carbocycles. The van der Waals surface area contributed by atoms with Crippen LogP contribution >= 0.6 is 24.0 Å². The van der Waals surface area contributed by atoms with Gasteiger partial charge < -0.3 is 19.9 Å². The maximum absolute atomic E-state index is 5.53. The van der Waals surface area contributed by atoms with Gasteiger partial charge in [0.1, 0.15) is 17.9 Å². The molecule has 2 aromatic heterocycles. The van der Waals surface area contributed by atoms with Crippen molar-refractivity contribution >= 4 is 35.6 Å². The molecule has 0 radical (unpaired) electrons. The molecule has 0 saturated carbocycles. The van der Waals surface area contributed by atoms with E-state index in [-0.39, 0.29) is 24.0 Å². The number of rotatable bonds is 6. The van der Waals surface area contributed by atoms with Gasteiger partial charge in [-0.1, -0.05) is 12.1 Å². The summed E-state index contributed by atoms with van der Waals surface area (Å²) in [6.07, 6.45) is 7.21. The van der Waals surface area contributed by atoms with Crippen LogP contribution in [0.4, 0.5) is 5.69 Å². The largest absolute Gasteiger partial charge is 0.495 e. The predicted octanol–water partition coefficient (Wildman–Crippen LogP) is 3.18. The molecule has 1 fully saturated rings. The highest BCUT2D eigenvalue weighted by Gasteiger charge is 2.21. The van der Waals surface area contributed by atoms with Gasteiger partial charge in [0.2, 0.25) is 0 Å². The van der Waals surface area contributed by atoms with Crippen molar-refractivity contribution in [2.24, 2.45) is 4.99 Å². The number of aliphatic imine (C=N–C) groups is 1. The first-order chi connectivity index (χ1) is 15.3. The second-order valence-corrected chi connectivity index (χ2v) is 7.31. The van der Waals surface area contributed by atoms with Gasteiger partial charge in [0.05, 0.1) is 19.3 Å². The molecule has 0 spiro atoms. The van der Waals surface area contributed by atoms with Crippen LogP contribution in [0.15, 0.2) is 66.3 Å². The minimum absolute atomic E-state index is 0. The molecular weight excluding hydrogens is 517 g/mol. The molecule has 0 bridgehead atoms. The molecule has 3 heterocycles. The van der Waals surface area contributed by atoms with Gasteiger partial charge in [-0.05, 0) is 36.8 Å². The third-order valence-electron chi connectivity index (χ3n) is 5.33. The van der Waals surface area contributed by atoms with Crippen molar-refractivity contribution in [2.45, 2.75) is 13.5 Å². The summed E-state index contributed by atoms with van der Waals surface area (Å²) in [5.74, 6) is 2.71. The molecular formula is C23H30IN7O. The highest BCUT2D eigenvalue weighted by atomic mass is 127. The van der Waals surface area contributed by atoms with Gasteiger partial charge in [-0.3, -0.25) is 4.57 Å². The van der Waals surface area contributed by atoms with Crippen molar-refractivity contribution < 1.29 is 4.74 Å². The lowest BCUT2D eigenvalue weighted by Crippen LogP contribution is -2.52. The molecule has 32 heavy (non-hydrogen) atoms. The Morgan fingerprint density at radius 1 is 1.12 bits per heavy atom. The van der Waals surface area contributed by atoms with Gasteiger partial charge in [-0.25, -0.2) is 15.0 Å². The first kappa shape index (κ1) is 23.8. The quantitative estimate of drug-likeness (QED) is 0.291. The molecule has 3 aromatic rings. The van der Waals surface area contributed by atoms with Crippen LogP contribution in [0.5, 0.6) is 5.75 Å². The lowest BCUT2D eigenvalue weighted by molar-refractivity contribution is 0.367. The van der Waals surface area contributed by atoms with E-state index in [1.807, 2.05) is 41.2 Å². The highest BCUT2D eigenvalue weighted by Crippen LogP contribution is 2.28. The Balaban J connectivity index is 0.00000289. The van der Waals surface area contributed by atoms with E-state index >= 15 is 0 Å². The van der Waals surface area contributed by atoms with Gasteiger partial charge >= 0.3 is 0 Å². The first-order valence-corrected chi connectivity index (χ1v) is 10.6. The molecule has 0 atom stereocenters.